The number of carbonyl (C=O) groups is 1. The molecule has 0 aliphatic heterocycles. The van der Waals surface area contributed by atoms with Crippen LogP contribution >= 0.6 is 0 Å². The number of halogens is 1. The van der Waals surface area contributed by atoms with Crippen molar-refractivity contribution in [2.45, 2.75) is 20.8 Å². The van der Waals surface area contributed by atoms with Crippen molar-refractivity contribution in [2.75, 3.05) is 5.32 Å². The number of amides is 1. The van der Waals surface area contributed by atoms with Crippen LogP contribution in [0.4, 0.5) is 10.2 Å². The zero-order chi connectivity index (χ0) is 22.8. The number of nitrogens with one attached hydrogen (secondary N) is 1. The van der Waals surface area contributed by atoms with Crippen LogP contribution in [-0.2, 0) is 0 Å². The Morgan fingerprint density at radius 2 is 1.41 bits per heavy atom. The lowest BCUT2D eigenvalue weighted by molar-refractivity contribution is 0.102. The highest BCUT2D eigenvalue weighted by Crippen LogP contribution is 2.28. The predicted octanol–water partition coefficient (Wildman–Crippen LogP) is 5.22. The van der Waals surface area contributed by atoms with Crippen LogP contribution in [0.25, 0.3) is 16.8 Å². The molecule has 160 valence electrons. The van der Waals surface area contributed by atoms with E-state index in [-0.39, 0.29) is 22.8 Å². The average Bonchev–Trinajstić information content (AvgIpc) is 2.78. The van der Waals surface area contributed by atoms with E-state index in [1.165, 1.54) is 16.8 Å². The predicted molar refractivity (Wildman–Crippen MR) is 124 cm³/mol. The van der Waals surface area contributed by atoms with Gasteiger partial charge in [-0.05, 0) is 62.7 Å². The lowest BCUT2D eigenvalue weighted by Crippen LogP contribution is -2.25. The molecule has 0 spiro atoms. The lowest BCUT2D eigenvalue weighted by Gasteiger charge is -2.18. The van der Waals surface area contributed by atoms with Gasteiger partial charge in [0.25, 0.3) is 5.91 Å². The third-order valence-electron chi connectivity index (χ3n) is 5.21. The summed E-state index contributed by atoms with van der Waals surface area (Å²) in [7, 11) is 0. The van der Waals surface area contributed by atoms with Crippen LogP contribution < -0.4 is 10.7 Å². The van der Waals surface area contributed by atoms with Crippen LogP contribution in [0.5, 0.6) is 0 Å². The molecule has 3 aromatic carbocycles. The number of carbonyl (C=O) groups excluding carboxylic acids is 1. The lowest BCUT2D eigenvalue weighted by atomic mass is 10.0. The van der Waals surface area contributed by atoms with Crippen molar-refractivity contribution in [3.63, 3.8) is 0 Å². The van der Waals surface area contributed by atoms with Gasteiger partial charge in [-0.15, -0.1) is 0 Å². The standard InChI is InChI=1S/C26H22FN3O2/c1-16-4-8-19(9-5-16)23-24(31)18(3)29-30(22-14-12-21(27)13-15-22)25(23)28-26(32)20-10-6-17(2)7-11-20/h4-15H,1-3H3,(H,28,32). The molecule has 0 unspecified atom stereocenters. The van der Waals surface area contributed by atoms with Gasteiger partial charge in [0.2, 0.25) is 5.43 Å². The minimum Gasteiger partial charge on any atom is -0.306 e. The van der Waals surface area contributed by atoms with Crippen molar-refractivity contribution >= 4 is 11.7 Å². The number of aryl methyl sites for hydroxylation is 3. The molecule has 0 radical (unpaired) electrons. The van der Waals surface area contributed by atoms with E-state index in [2.05, 4.69) is 10.4 Å². The molecule has 1 heterocycles. The van der Waals surface area contributed by atoms with Crippen LogP contribution in [0.2, 0.25) is 0 Å². The molecular formula is C26H22FN3O2. The normalized spacial score (nSPS) is 10.8. The Labute approximate surface area is 185 Å². The van der Waals surface area contributed by atoms with E-state index < -0.39 is 5.82 Å². The maximum atomic E-state index is 13.5. The summed E-state index contributed by atoms with van der Waals surface area (Å²) in [6.07, 6.45) is 0. The number of nitrogens with zero attached hydrogens (tertiary/aromatic N) is 2. The van der Waals surface area contributed by atoms with Crippen molar-refractivity contribution in [1.82, 2.24) is 9.78 Å². The number of benzene rings is 3. The Bertz CT molecular complexity index is 1340. The second-order valence-corrected chi connectivity index (χ2v) is 7.71. The summed E-state index contributed by atoms with van der Waals surface area (Å²) in [5.74, 6) is -0.545. The highest BCUT2D eigenvalue weighted by atomic mass is 19.1. The number of aromatic nitrogens is 2. The van der Waals surface area contributed by atoms with Gasteiger partial charge in [0.15, 0.2) is 0 Å². The summed E-state index contributed by atoms with van der Waals surface area (Å²) in [4.78, 5) is 26.3. The van der Waals surface area contributed by atoms with Crippen LogP contribution in [0.15, 0.2) is 77.6 Å². The SMILES string of the molecule is Cc1ccc(C(=O)Nc2c(-c3ccc(C)cc3)c(=O)c(C)nn2-c2ccc(F)cc2)cc1. The largest absolute Gasteiger partial charge is 0.306 e. The fourth-order valence-corrected chi connectivity index (χ4v) is 3.40. The van der Waals surface area contributed by atoms with E-state index in [1.54, 1.807) is 31.2 Å². The van der Waals surface area contributed by atoms with E-state index in [4.69, 9.17) is 0 Å². The van der Waals surface area contributed by atoms with Gasteiger partial charge in [-0.3, -0.25) is 9.59 Å². The highest BCUT2D eigenvalue weighted by molar-refractivity contribution is 6.05. The van der Waals surface area contributed by atoms with Gasteiger partial charge in [-0.1, -0.05) is 47.5 Å². The Kier molecular flexibility index (Phi) is 5.69. The average molecular weight is 427 g/mol. The molecular weight excluding hydrogens is 405 g/mol. The number of hydrogen-bond donors (Lipinski definition) is 1. The molecule has 1 aromatic heterocycles. The van der Waals surface area contributed by atoms with Gasteiger partial charge in [-0.2, -0.15) is 5.10 Å². The number of hydrogen-bond acceptors (Lipinski definition) is 3. The van der Waals surface area contributed by atoms with Crippen LogP contribution in [0, 0.1) is 26.6 Å². The molecule has 1 amide bonds. The van der Waals surface area contributed by atoms with E-state index in [9.17, 15) is 14.0 Å². The molecule has 0 fully saturated rings. The summed E-state index contributed by atoms with van der Waals surface area (Å²) >= 11 is 0. The van der Waals surface area contributed by atoms with Gasteiger partial charge in [0.1, 0.15) is 17.3 Å². The monoisotopic (exact) mass is 427 g/mol. The van der Waals surface area contributed by atoms with E-state index in [1.807, 2.05) is 50.2 Å². The first-order valence-electron chi connectivity index (χ1n) is 10.2. The fraction of sp³-hybridized carbons (Fsp3) is 0.115. The molecule has 0 saturated carbocycles. The second-order valence-electron chi connectivity index (χ2n) is 7.71. The molecule has 0 aliphatic rings. The second kappa shape index (κ2) is 8.59. The van der Waals surface area contributed by atoms with Crippen molar-refractivity contribution in [3.8, 4) is 16.8 Å². The third kappa shape index (κ3) is 4.21. The van der Waals surface area contributed by atoms with Gasteiger partial charge in [0.05, 0.1) is 11.3 Å². The summed E-state index contributed by atoms with van der Waals surface area (Å²) in [5, 5.41) is 7.28. The molecule has 0 atom stereocenters. The zero-order valence-electron chi connectivity index (χ0n) is 18.0. The van der Waals surface area contributed by atoms with E-state index in [0.717, 1.165) is 11.1 Å². The first-order chi connectivity index (χ1) is 15.3. The Balaban J connectivity index is 1.94. The third-order valence-corrected chi connectivity index (χ3v) is 5.21. The molecule has 0 aliphatic carbocycles. The van der Waals surface area contributed by atoms with E-state index in [0.29, 0.717) is 22.4 Å². The maximum Gasteiger partial charge on any atom is 0.256 e. The van der Waals surface area contributed by atoms with Crippen molar-refractivity contribution < 1.29 is 9.18 Å². The smallest absolute Gasteiger partial charge is 0.256 e. The summed E-state index contributed by atoms with van der Waals surface area (Å²) in [5.41, 5.74) is 3.99. The van der Waals surface area contributed by atoms with Crippen molar-refractivity contribution in [2.24, 2.45) is 0 Å². The minimum absolute atomic E-state index is 0.224. The number of anilines is 1. The van der Waals surface area contributed by atoms with Gasteiger partial charge in [-0.25, -0.2) is 9.07 Å². The maximum absolute atomic E-state index is 13.5. The van der Waals surface area contributed by atoms with Gasteiger partial charge < -0.3 is 5.32 Å². The molecule has 4 rings (SSSR count). The first-order valence-corrected chi connectivity index (χ1v) is 10.2. The van der Waals surface area contributed by atoms with Crippen LogP contribution in [0.1, 0.15) is 27.2 Å². The van der Waals surface area contributed by atoms with Gasteiger partial charge >= 0.3 is 0 Å². The fourth-order valence-electron chi connectivity index (χ4n) is 3.40. The van der Waals surface area contributed by atoms with Crippen molar-refractivity contribution in [1.29, 1.82) is 0 Å². The quantitative estimate of drug-likeness (QED) is 0.486. The molecule has 0 saturated heterocycles. The Morgan fingerprint density at radius 1 is 0.844 bits per heavy atom. The summed E-state index contributed by atoms with van der Waals surface area (Å²) in [6, 6.07) is 20.3. The molecule has 1 N–H and O–H groups in total. The van der Waals surface area contributed by atoms with Crippen LogP contribution in [0.3, 0.4) is 0 Å². The van der Waals surface area contributed by atoms with Crippen molar-refractivity contribution in [3.05, 3.63) is 111 Å². The van der Waals surface area contributed by atoms with Crippen LogP contribution in [-0.4, -0.2) is 15.7 Å². The highest BCUT2D eigenvalue weighted by Gasteiger charge is 2.21. The molecule has 5 nitrogen and oxygen atoms in total. The minimum atomic E-state index is -0.393. The molecule has 4 aromatic rings. The number of rotatable bonds is 4. The Hall–Kier alpha value is -4.06. The molecule has 32 heavy (non-hydrogen) atoms. The summed E-state index contributed by atoms with van der Waals surface area (Å²) in [6.45, 7) is 5.51. The van der Waals surface area contributed by atoms with E-state index >= 15 is 0 Å². The molecule has 6 heteroatoms. The topological polar surface area (TPSA) is 64.0 Å². The first kappa shape index (κ1) is 21.2. The zero-order valence-corrected chi connectivity index (χ0v) is 18.0. The summed E-state index contributed by atoms with van der Waals surface area (Å²) < 4.78 is 15.0. The Morgan fingerprint density at radius 3 is 2.00 bits per heavy atom. The molecule has 0 bridgehead atoms. The van der Waals surface area contributed by atoms with Gasteiger partial charge in [0, 0.05) is 5.56 Å².